The van der Waals surface area contributed by atoms with Crippen molar-refractivity contribution < 1.29 is 27.6 Å². The van der Waals surface area contributed by atoms with Crippen LogP contribution in [0, 0.1) is 11.8 Å². The van der Waals surface area contributed by atoms with Gasteiger partial charge in [-0.05, 0) is 63.3 Å². The lowest BCUT2D eigenvalue weighted by molar-refractivity contribution is -0.138. The third kappa shape index (κ3) is 7.08. The van der Waals surface area contributed by atoms with Crippen molar-refractivity contribution in [1.82, 2.24) is 25.1 Å². The third-order valence-corrected chi connectivity index (χ3v) is 7.46. The molecule has 2 N–H and O–H groups in total. The van der Waals surface area contributed by atoms with Crippen LogP contribution in [0.25, 0.3) is 0 Å². The second kappa shape index (κ2) is 12.2. The van der Waals surface area contributed by atoms with Crippen molar-refractivity contribution in [2.24, 2.45) is 11.8 Å². The summed E-state index contributed by atoms with van der Waals surface area (Å²) in [5.74, 6) is -0.903. The van der Waals surface area contributed by atoms with E-state index in [-0.39, 0.29) is 53.7 Å². The number of nitrogens with one attached hydrogen (secondary N) is 2. The molecule has 1 aromatic heterocycles. The van der Waals surface area contributed by atoms with Crippen molar-refractivity contribution in [3.05, 3.63) is 47.3 Å². The Morgan fingerprint density at radius 3 is 2.27 bits per heavy atom. The molecule has 216 valence electrons. The highest BCUT2D eigenvalue weighted by Crippen LogP contribution is 2.38. The maximum Gasteiger partial charge on any atom is 0.419 e. The molecule has 0 bridgehead atoms. The van der Waals surface area contributed by atoms with E-state index in [4.69, 9.17) is 0 Å². The van der Waals surface area contributed by atoms with Crippen LogP contribution in [-0.2, 0) is 22.2 Å². The van der Waals surface area contributed by atoms with Gasteiger partial charge in [-0.1, -0.05) is 6.42 Å². The number of carbonyl (C=O) groups is 3. The highest BCUT2D eigenvalue weighted by atomic mass is 19.4. The van der Waals surface area contributed by atoms with Crippen LogP contribution in [0.2, 0.25) is 0 Å². The lowest BCUT2D eigenvalue weighted by atomic mass is 9.89. The Kier molecular flexibility index (Phi) is 8.95. The Balaban J connectivity index is 1.46. The molecule has 0 spiro atoms. The van der Waals surface area contributed by atoms with E-state index in [1.165, 1.54) is 6.92 Å². The van der Waals surface area contributed by atoms with E-state index in [0.29, 0.717) is 50.3 Å². The molecule has 4 rings (SSSR count). The maximum atomic E-state index is 13.8. The summed E-state index contributed by atoms with van der Waals surface area (Å²) in [4.78, 5) is 48.5. The number of carbonyl (C=O) groups excluding carboxylic acids is 3. The summed E-state index contributed by atoms with van der Waals surface area (Å²) in [6.07, 6.45) is -1.76. The summed E-state index contributed by atoms with van der Waals surface area (Å²) in [6, 6.07) is 6.49. The first-order valence-corrected chi connectivity index (χ1v) is 13.6. The summed E-state index contributed by atoms with van der Waals surface area (Å²) in [5.41, 5.74) is -0.0731. The number of benzene rings is 1. The van der Waals surface area contributed by atoms with Crippen molar-refractivity contribution in [3.63, 3.8) is 0 Å². The summed E-state index contributed by atoms with van der Waals surface area (Å²) in [7, 11) is 0. The molecule has 2 fully saturated rings. The summed E-state index contributed by atoms with van der Waals surface area (Å²) >= 11 is 0. The average molecular weight is 561 g/mol. The first-order chi connectivity index (χ1) is 18.9. The highest BCUT2D eigenvalue weighted by Gasteiger charge is 2.39. The predicted octanol–water partition coefficient (Wildman–Crippen LogP) is 4.03. The van der Waals surface area contributed by atoms with Crippen LogP contribution in [0.4, 0.5) is 24.8 Å². The van der Waals surface area contributed by atoms with Crippen LogP contribution < -0.4 is 10.6 Å². The molecule has 1 aromatic carbocycles. The zero-order valence-corrected chi connectivity index (χ0v) is 22.9. The fourth-order valence-electron chi connectivity index (χ4n) is 5.37. The van der Waals surface area contributed by atoms with Crippen LogP contribution in [0.3, 0.4) is 0 Å². The zero-order valence-electron chi connectivity index (χ0n) is 22.9. The Hall–Kier alpha value is -3.70. The number of halogens is 3. The van der Waals surface area contributed by atoms with Gasteiger partial charge in [0, 0.05) is 62.5 Å². The second-order valence-corrected chi connectivity index (χ2v) is 10.7. The molecular formula is C28H35F3N6O3. The van der Waals surface area contributed by atoms with Crippen LogP contribution in [0.15, 0.2) is 30.5 Å². The largest absolute Gasteiger partial charge is 0.419 e. The van der Waals surface area contributed by atoms with Crippen molar-refractivity contribution >= 4 is 29.4 Å². The van der Waals surface area contributed by atoms with Crippen LogP contribution in [-0.4, -0.2) is 69.7 Å². The molecule has 1 aliphatic carbocycles. The number of rotatable bonds is 7. The van der Waals surface area contributed by atoms with Crippen molar-refractivity contribution in [2.45, 2.75) is 58.7 Å². The van der Waals surface area contributed by atoms with Gasteiger partial charge in [0.05, 0.1) is 11.3 Å². The van der Waals surface area contributed by atoms with Gasteiger partial charge in [0.25, 0.3) is 5.91 Å². The minimum atomic E-state index is -4.62. The molecular weight excluding hydrogens is 525 g/mol. The lowest BCUT2D eigenvalue weighted by Gasteiger charge is -2.34. The standard InChI is InChI=1S/C28H35F3N6O3/c1-17(2)33-25(39)22-6-4-5-20(22)15-24-23(28(29,30)31)16-32-27(35-24)34-21-9-7-19(8-10-21)26(40)37-13-11-36(12-14-37)18(3)38/h7-10,16-17,20,22H,4-6,11-15H2,1-3H3,(H,33,39)(H,32,34,35)/t20-,22-/m0/s1. The number of hydrogen-bond donors (Lipinski definition) is 2. The van der Waals surface area contributed by atoms with Crippen molar-refractivity contribution in [3.8, 4) is 0 Å². The molecule has 2 atom stereocenters. The number of hydrogen-bond acceptors (Lipinski definition) is 6. The molecule has 3 amide bonds. The smallest absolute Gasteiger partial charge is 0.354 e. The van der Waals surface area contributed by atoms with E-state index in [1.807, 2.05) is 13.8 Å². The van der Waals surface area contributed by atoms with Gasteiger partial charge in [0.1, 0.15) is 0 Å². The first-order valence-electron chi connectivity index (χ1n) is 13.6. The predicted molar refractivity (Wildman–Crippen MR) is 143 cm³/mol. The number of amides is 3. The third-order valence-electron chi connectivity index (χ3n) is 7.46. The zero-order chi connectivity index (χ0) is 29.0. The van der Waals surface area contributed by atoms with Gasteiger partial charge < -0.3 is 20.4 Å². The molecule has 0 unspecified atom stereocenters. The number of anilines is 2. The maximum absolute atomic E-state index is 13.8. The molecule has 40 heavy (non-hydrogen) atoms. The highest BCUT2D eigenvalue weighted by molar-refractivity contribution is 5.94. The minimum Gasteiger partial charge on any atom is -0.354 e. The molecule has 2 aliphatic rings. The molecule has 1 saturated heterocycles. The van der Waals surface area contributed by atoms with Crippen LogP contribution >= 0.6 is 0 Å². The molecule has 9 nitrogen and oxygen atoms in total. The van der Waals surface area contributed by atoms with Gasteiger partial charge in [0.15, 0.2) is 0 Å². The van der Waals surface area contributed by atoms with Crippen molar-refractivity contribution in [1.29, 1.82) is 0 Å². The number of nitrogens with zero attached hydrogens (tertiary/aromatic N) is 4. The second-order valence-electron chi connectivity index (χ2n) is 10.7. The Labute approximate surface area is 231 Å². The summed E-state index contributed by atoms with van der Waals surface area (Å²) in [5, 5.41) is 5.81. The normalized spacial score (nSPS) is 19.6. The quantitative estimate of drug-likeness (QED) is 0.530. The van der Waals surface area contributed by atoms with E-state index >= 15 is 0 Å². The fraction of sp³-hybridized carbons (Fsp3) is 0.536. The van der Waals surface area contributed by atoms with Crippen molar-refractivity contribution in [2.75, 3.05) is 31.5 Å². The van der Waals surface area contributed by atoms with E-state index < -0.39 is 11.7 Å². The summed E-state index contributed by atoms with van der Waals surface area (Å²) < 4.78 is 41.4. The van der Waals surface area contributed by atoms with E-state index in [1.54, 1.807) is 34.1 Å². The molecule has 1 saturated carbocycles. The number of aromatic nitrogens is 2. The molecule has 2 aromatic rings. The minimum absolute atomic E-state index is 0.00334. The topological polar surface area (TPSA) is 108 Å². The Morgan fingerprint density at radius 1 is 1.02 bits per heavy atom. The van der Waals surface area contributed by atoms with Gasteiger partial charge in [-0.25, -0.2) is 9.97 Å². The van der Waals surface area contributed by atoms with Crippen LogP contribution in [0.1, 0.15) is 61.6 Å². The monoisotopic (exact) mass is 560 g/mol. The molecule has 12 heteroatoms. The van der Waals surface area contributed by atoms with Gasteiger partial charge in [-0.2, -0.15) is 13.2 Å². The Bertz CT molecular complexity index is 1230. The SMILES string of the molecule is CC(=O)N1CCN(C(=O)c2ccc(Nc3ncc(C(F)(F)F)c(C[C@@H]4CCC[C@@H]4C(=O)NC(C)C)n3)cc2)CC1. The number of piperazine rings is 1. The molecule has 0 radical (unpaired) electrons. The van der Waals surface area contributed by atoms with Crippen LogP contribution in [0.5, 0.6) is 0 Å². The van der Waals surface area contributed by atoms with Gasteiger partial charge >= 0.3 is 6.18 Å². The van der Waals surface area contributed by atoms with Gasteiger partial charge in [-0.3, -0.25) is 14.4 Å². The number of alkyl halides is 3. The Morgan fingerprint density at radius 2 is 1.68 bits per heavy atom. The van der Waals surface area contributed by atoms with E-state index in [2.05, 4.69) is 20.6 Å². The first kappa shape index (κ1) is 29.3. The van der Waals surface area contributed by atoms with Gasteiger partial charge in [-0.15, -0.1) is 0 Å². The molecule has 1 aliphatic heterocycles. The van der Waals surface area contributed by atoms with E-state index in [9.17, 15) is 27.6 Å². The molecule has 2 heterocycles. The summed E-state index contributed by atoms with van der Waals surface area (Å²) in [6.45, 7) is 7.07. The van der Waals surface area contributed by atoms with E-state index in [0.717, 1.165) is 12.6 Å². The fourth-order valence-corrected chi connectivity index (χ4v) is 5.37. The lowest BCUT2D eigenvalue weighted by Crippen LogP contribution is -2.50. The van der Waals surface area contributed by atoms with Gasteiger partial charge in [0.2, 0.25) is 17.8 Å². The average Bonchev–Trinajstić information content (AvgIpc) is 3.36.